The molecule has 2 heteroatoms. The molecule has 2 atom stereocenters. The zero-order valence-electron chi connectivity index (χ0n) is 13.6. The van der Waals surface area contributed by atoms with Crippen molar-refractivity contribution in [3.8, 4) is 0 Å². The van der Waals surface area contributed by atoms with E-state index in [1.807, 2.05) is 6.79 Å². The predicted molar refractivity (Wildman–Crippen MR) is 100 cm³/mol. The Morgan fingerprint density at radius 2 is 2.09 bits per heavy atom. The molecule has 0 aliphatic heterocycles. The zero-order chi connectivity index (χ0) is 16.0. The molecular formula is C21H32O2. The van der Waals surface area contributed by atoms with E-state index in [0.717, 1.165) is 26.1 Å². The van der Waals surface area contributed by atoms with Crippen LogP contribution in [0.1, 0.15) is 40.0 Å². The Labute approximate surface area is 142 Å². The SMILES string of the molecule is C.C=O.CC1=CCCC(/C=C/COC[C@H]2C=CCC=CC2)C=C1. The van der Waals surface area contributed by atoms with Gasteiger partial charge in [-0.25, -0.2) is 0 Å². The first kappa shape index (κ1) is 21.3. The molecule has 0 aromatic rings. The summed E-state index contributed by atoms with van der Waals surface area (Å²) in [5, 5.41) is 0. The van der Waals surface area contributed by atoms with Crippen LogP contribution in [0.2, 0.25) is 0 Å². The minimum atomic E-state index is 0. The topological polar surface area (TPSA) is 26.3 Å². The maximum atomic E-state index is 8.00. The molecule has 2 aliphatic rings. The summed E-state index contributed by atoms with van der Waals surface area (Å²) >= 11 is 0. The van der Waals surface area contributed by atoms with Gasteiger partial charge in [0.15, 0.2) is 0 Å². The Morgan fingerprint density at radius 3 is 2.91 bits per heavy atom. The first-order valence-electron chi connectivity index (χ1n) is 8.04. The van der Waals surface area contributed by atoms with Gasteiger partial charge in [0.2, 0.25) is 0 Å². The molecule has 0 spiro atoms. The Balaban J connectivity index is 0.00000155. The van der Waals surface area contributed by atoms with Gasteiger partial charge in [0, 0.05) is 5.92 Å². The van der Waals surface area contributed by atoms with Crippen molar-refractivity contribution in [1.82, 2.24) is 0 Å². The summed E-state index contributed by atoms with van der Waals surface area (Å²) < 4.78 is 5.76. The minimum absolute atomic E-state index is 0. The fourth-order valence-corrected chi connectivity index (χ4v) is 2.54. The smallest absolute Gasteiger partial charge is 0.106 e. The number of rotatable bonds is 5. The van der Waals surface area contributed by atoms with Gasteiger partial charge in [-0.2, -0.15) is 0 Å². The predicted octanol–water partition coefficient (Wildman–Crippen LogP) is 5.45. The van der Waals surface area contributed by atoms with Crippen LogP contribution < -0.4 is 0 Å². The second-order valence-electron chi connectivity index (χ2n) is 5.65. The summed E-state index contributed by atoms with van der Waals surface area (Å²) in [5.74, 6) is 1.11. The number of hydrogen-bond acceptors (Lipinski definition) is 2. The van der Waals surface area contributed by atoms with Crippen molar-refractivity contribution in [3.05, 3.63) is 60.3 Å². The molecule has 128 valence electrons. The van der Waals surface area contributed by atoms with Gasteiger partial charge in [0.1, 0.15) is 6.79 Å². The van der Waals surface area contributed by atoms with Gasteiger partial charge in [-0.15, -0.1) is 0 Å². The van der Waals surface area contributed by atoms with Gasteiger partial charge in [0.25, 0.3) is 0 Å². The summed E-state index contributed by atoms with van der Waals surface area (Å²) in [5.41, 5.74) is 1.38. The van der Waals surface area contributed by atoms with Gasteiger partial charge < -0.3 is 9.53 Å². The lowest BCUT2D eigenvalue weighted by molar-refractivity contribution is -0.0979. The maximum absolute atomic E-state index is 8.00. The number of ether oxygens (including phenoxy) is 1. The molecule has 0 fully saturated rings. The van der Waals surface area contributed by atoms with Gasteiger partial charge in [-0.3, -0.25) is 0 Å². The number of carbonyl (C=O) groups excluding carboxylic acids is 1. The van der Waals surface area contributed by atoms with Crippen molar-refractivity contribution < 1.29 is 9.53 Å². The third-order valence-corrected chi connectivity index (χ3v) is 3.79. The highest BCUT2D eigenvalue weighted by Crippen LogP contribution is 2.17. The highest BCUT2D eigenvalue weighted by molar-refractivity contribution is 5.20. The van der Waals surface area contributed by atoms with Crippen molar-refractivity contribution in [2.75, 3.05) is 13.2 Å². The normalized spacial score (nSPS) is 23.3. The summed E-state index contributed by atoms with van der Waals surface area (Å²) in [6.07, 6.45) is 24.9. The van der Waals surface area contributed by atoms with E-state index in [9.17, 15) is 0 Å². The number of hydrogen-bond donors (Lipinski definition) is 0. The molecule has 1 unspecified atom stereocenters. The maximum Gasteiger partial charge on any atom is 0.106 e. The van der Waals surface area contributed by atoms with Crippen LogP contribution in [0.25, 0.3) is 0 Å². The molecule has 0 radical (unpaired) electrons. The van der Waals surface area contributed by atoms with Crippen molar-refractivity contribution in [1.29, 1.82) is 0 Å². The molecular weight excluding hydrogens is 284 g/mol. The molecule has 0 aromatic carbocycles. The molecule has 0 bridgehead atoms. The number of allylic oxidation sites excluding steroid dienone is 8. The van der Waals surface area contributed by atoms with Gasteiger partial charge in [-0.1, -0.05) is 67.7 Å². The lowest BCUT2D eigenvalue weighted by Gasteiger charge is -2.09. The van der Waals surface area contributed by atoms with E-state index in [2.05, 4.69) is 61.6 Å². The van der Waals surface area contributed by atoms with E-state index in [1.54, 1.807) is 0 Å². The van der Waals surface area contributed by atoms with Crippen molar-refractivity contribution in [2.24, 2.45) is 11.8 Å². The fraction of sp³-hybridized carbons (Fsp3) is 0.476. The fourth-order valence-electron chi connectivity index (χ4n) is 2.54. The summed E-state index contributed by atoms with van der Waals surface area (Å²) in [7, 11) is 0. The second-order valence-corrected chi connectivity index (χ2v) is 5.65. The second kappa shape index (κ2) is 14.0. The Morgan fingerprint density at radius 1 is 1.26 bits per heavy atom. The van der Waals surface area contributed by atoms with E-state index < -0.39 is 0 Å². The Bertz CT molecular complexity index is 441. The third-order valence-electron chi connectivity index (χ3n) is 3.79. The third kappa shape index (κ3) is 9.85. The quantitative estimate of drug-likeness (QED) is 0.498. The minimum Gasteiger partial charge on any atom is -0.377 e. The van der Waals surface area contributed by atoms with Crippen LogP contribution >= 0.6 is 0 Å². The molecule has 0 saturated heterocycles. The van der Waals surface area contributed by atoms with E-state index in [1.165, 1.54) is 18.4 Å². The average Bonchev–Trinajstić information content (AvgIpc) is 2.92. The summed E-state index contributed by atoms with van der Waals surface area (Å²) in [6, 6.07) is 0. The molecule has 2 nitrogen and oxygen atoms in total. The molecule has 0 saturated carbocycles. The molecule has 2 rings (SSSR count). The van der Waals surface area contributed by atoms with Crippen LogP contribution in [-0.2, 0) is 9.53 Å². The molecule has 2 aliphatic carbocycles. The van der Waals surface area contributed by atoms with E-state index in [4.69, 9.17) is 9.53 Å². The van der Waals surface area contributed by atoms with E-state index in [-0.39, 0.29) is 7.43 Å². The monoisotopic (exact) mass is 316 g/mol. The van der Waals surface area contributed by atoms with Crippen LogP contribution in [0.5, 0.6) is 0 Å². The summed E-state index contributed by atoms with van der Waals surface area (Å²) in [6.45, 7) is 5.72. The molecule has 23 heavy (non-hydrogen) atoms. The molecule has 0 aromatic heterocycles. The highest BCUT2D eigenvalue weighted by Gasteiger charge is 2.04. The van der Waals surface area contributed by atoms with Crippen LogP contribution in [0.3, 0.4) is 0 Å². The Hall–Kier alpha value is -1.67. The van der Waals surface area contributed by atoms with Crippen molar-refractivity contribution in [2.45, 2.75) is 40.0 Å². The Kier molecular flexibility index (Phi) is 12.9. The first-order valence-corrected chi connectivity index (χ1v) is 8.04. The van der Waals surface area contributed by atoms with Gasteiger partial charge in [0.05, 0.1) is 13.2 Å². The zero-order valence-corrected chi connectivity index (χ0v) is 13.6. The van der Waals surface area contributed by atoms with E-state index in [0.29, 0.717) is 11.8 Å². The lowest BCUT2D eigenvalue weighted by Crippen LogP contribution is -2.06. The van der Waals surface area contributed by atoms with Gasteiger partial charge in [-0.05, 0) is 38.5 Å². The standard InChI is InChI=1S/C19H26O.CH2O.CH4/c1-17-8-6-11-18(14-13-17)12-7-15-20-16-19-9-4-2-3-5-10-19;1-2;/h2,4-5,7-8,10,12-14,18-19H,3,6,9,11,15-16H2,1H3;1H2;1H4/b12-7+;;/t18?,19-;;/m1../s1. The van der Waals surface area contributed by atoms with Crippen LogP contribution in [0, 0.1) is 11.8 Å². The highest BCUT2D eigenvalue weighted by atomic mass is 16.5. The lowest BCUT2D eigenvalue weighted by atomic mass is 10.0. The van der Waals surface area contributed by atoms with Crippen LogP contribution in [0.4, 0.5) is 0 Å². The molecule has 0 N–H and O–H groups in total. The molecule has 0 heterocycles. The van der Waals surface area contributed by atoms with Gasteiger partial charge >= 0.3 is 0 Å². The largest absolute Gasteiger partial charge is 0.377 e. The first-order chi connectivity index (χ1) is 10.8. The van der Waals surface area contributed by atoms with Crippen molar-refractivity contribution >= 4 is 6.79 Å². The van der Waals surface area contributed by atoms with Crippen molar-refractivity contribution in [3.63, 3.8) is 0 Å². The van der Waals surface area contributed by atoms with Crippen LogP contribution in [-0.4, -0.2) is 20.0 Å². The average molecular weight is 316 g/mol. The summed E-state index contributed by atoms with van der Waals surface area (Å²) in [4.78, 5) is 8.00. The van der Waals surface area contributed by atoms with E-state index >= 15 is 0 Å². The molecule has 0 amide bonds. The number of carbonyl (C=O) groups is 1. The van der Waals surface area contributed by atoms with Crippen LogP contribution in [0.15, 0.2) is 60.3 Å².